The van der Waals surface area contributed by atoms with E-state index in [1.54, 1.807) is 18.3 Å². The largest absolute Gasteiger partial charge is 0.471 e. The van der Waals surface area contributed by atoms with Gasteiger partial charge in [0.05, 0.1) is 6.54 Å². The van der Waals surface area contributed by atoms with Gasteiger partial charge in [0, 0.05) is 25.4 Å². The SMILES string of the molecule is O=C(NCc1cccc2ccccc12)N1CCCC(Oc2cccnn2)C1. The van der Waals surface area contributed by atoms with E-state index < -0.39 is 0 Å². The molecule has 1 saturated heterocycles. The van der Waals surface area contributed by atoms with E-state index in [4.69, 9.17) is 4.74 Å². The molecule has 138 valence electrons. The van der Waals surface area contributed by atoms with Crippen molar-refractivity contribution in [2.75, 3.05) is 13.1 Å². The van der Waals surface area contributed by atoms with Crippen LogP contribution in [0, 0.1) is 0 Å². The molecular formula is C21H22N4O2. The summed E-state index contributed by atoms with van der Waals surface area (Å²) in [6.45, 7) is 1.80. The summed E-state index contributed by atoms with van der Waals surface area (Å²) in [6, 6.07) is 17.9. The van der Waals surface area contributed by atoms with Crippen LogP contribution in [0.2, 0.25) is 0 Å². The number of aromatic nitrogens is 2. The molecule has 6 heteroatoms. The molecule has 0 spiro atoms. The van der Waals surface area contributed by atoms with E-state index in [9.17, 15) is 4.79 Å². The van der Waals surface area contributed by atoms with Gasteiger partial charge in [0.25, 0.3) is 0 Å². The van der Waals surface area contributed by atoms with E-state index in [2.05, 4.69) is 39.8 Å². The van der Waals surface area contributed by atoms with Crippen LogP contribution in [-0.2, 0) is 6.54 Å². The fraction of sp³-hybridized carbons (Fsp3) is 0.286. The molecule has 0 saturated carbocycles. The third kappa shape index (κ3) is 4.16. The lowest BCUT2D eigenvalue weighted by molar-refractivity contribution is 0.0969. The molecule has 2 heterocycles. The Balaban J connectivity index is 1.36. The normalized spacial score (nSPS) is 16.9. The van der Waals surface area contributed by atoms with Crippen LogP contribution < -0.4 is 10.1 Å². The number of piperidine rings is 1. The van der Waals surface area contributed by atoms with E-state index in [1.165, 1.54) is 10.8 Å². The molecule has 0 bridgehead atoms. The molecule has 27 heavy (non-hydrogen) atoms. The Morgan fingerprint density at radius 1 is 1.15 bits per heavy atom. The topological polar surface area (TPSA) is 67.4 Å². The van der Waals surface area contributed by atoms with Crippen LogP contribution in [0.25, 0.3) is 10.8 Å². The van der Waals surface area contributed by atoms with E-state index >= 15 is 0 Å². The Bertz CT molecular complexity index is 911. The Labute approximate surface area is 158 Å². The van der Waals surface area contributed by atoms with Gasteiger partial charge in [-0.15, -0.1) is 5.10 Å². The molecule has 1 aromatic heterocycles. The second kappa shape index (κ2) is 8.03. The molecule has 0 aliphatic carbocycles. The summed E-state index contributed by atoms with van der Waals surface area (Å²) in [5.41, 5.74) is 1.12. The fourth-order valence-corrected chi connectivity index (χ4v) is 3.47. The minimum Gasteiger partial charge on any atom is -0.471 e. The number of benzene rings is 2. The minimum absolute atomic E-state index is 0.0567. The van der Waals surface area contributed by atoms with Crippen molar-refractivity contribution in [3.05, 3.63) is 66.4 Å². The predicted octanol–water partition coefficient (Wildman–Crippen LogP) is 3.38. The van der Waals surface area contributed by atoms with Crippen LogP contribution in [0.4, 0.5) is 4.79 Å². The minimum atomic E-state index is -0.0598. The predicted molar refractivity (Wildman–Crippen MR) is 103 cm³/mol. The highest BCUT2D eigenvalue weighted by molar-refractivity contribution is 5.86. The highest BCUT2D eigenvalue weighted by Gasteiger charge is 2.25. The van der Waals surface area contributed by atoms with Crippen LogP contribution in [0.5, 0.6) is 5.88 Å². The summed E-state index contributed by atoms with van der Waals surface area (Å²) >= 11 is 0. The van der Waals surface area contributed by atoms with Gasteiger partial charge in [-0.25, -0.2) is 4.79 Å². The number of carbonyl (C=O) groups is 1. The lowest BCUT2D eigenvalue weighted by Gasteiger charge is -2.32. The number of likely N-dealkylation sites (tertiary alicyclic amines) is 1. The molecule has 1 aliphatic heterocycles. The highest BCUT2D eigenvalue weighted by atomic mass is 16.5. The zero-order valence-electron chi connectivity index (χ0n) is 15.0. The van der Waals surface area contributed by atoms with Crippen molar-refractivity contribution in [1.82, 2.24) is 20.4 Å². The van der Waals surface area contributed by atoms with E-state index in [-0.39, 0.29) is 12.1 Å². The summed E-state index contributed by atoms with van der Waals surface area (Å²) in [4.78, 5) is 14.5. The number of ether oxygens (including phenoxy) is 1. The summed E-state index contributed by atoms with van der Waals surface area (Å²) < 4.78 is 5.86. The van der Waals surface area contributed by atoms with Crippen molar-refractivity contribution in [2.24, 2.45) is 0 Å². The molecule has 1 aliphatic rings. The molecule has 2 aromatic carbocycles. The molecule has 2 amide bonds. The number of amides is 2. The molecule has 0 radical (unpaired) electrons. The average molecular weight is 362 g/mol. The first kappa shape index (κ1) is 17.3. The smallest absolute Gasteiger partial charge is 0.317 e. The third-order valence-electron chi connectivity index (χ3n) is 4.81. The first-order valence-corrected chi connectivity index (χ1v) is 9.23. The molecule has 1 atom stereocenters. The van der Waals surface area contributed by atoms with Crippen molar-refractivity contribution in [3.63, 3.8) is 0 Å². The van der Waals surface area contributed by atoms with Crippen molar-refractivity contribution in [1.29, 1.82) is 0 Å². The van der Waals surface area contributed by atoms with Crippen molar-refractivity contribution < 1.29 is 9.53 Å². The molecular weight excluding hydrogens is 340 g/mol. The molecule has 4 rings (SSSR count). The molecule has 6 nitrogen and oxygen atoms in total. The summed E-state index contributed by atoms with van der Waals surface area (Å²) in [7, 11) is 0. The second-order valence-corrected chi connectivity index (χ2v) is 6.69. The summed E-state index contributed by atoms with van der Waals surface area (Å²) in [6.07, 6.45) is 3.37. The first-order valence-electron chi connectivity index (χ1n) is 9.23. The number of carbonyl (C=O) groups excluding carboxylic acids is 1. The van der Waals surface area contributed by atoms with E-state index in [0.29, 0.717) is 19.0 Å². The van der Waals surface area contributed by atoms with Crippen molar-refractivity contribution in [2.45, 2.75) is 25.5 Å². The zero-order valence-corrected chi connectivity index (χ0v) is 15.0. The maximum Gasteiger partial charge on any atom is 0.317 e. The van der Waals surface area contributed by atoms with E-state index in [1.807, 2.05) is 23.1 Å². The van der Waals surface area contributed by atoms with Crippen LogP contribution >= 0.6 is 0 Å². The average Bonchev–Trinajstić information content (AvgIpc) is 2.73. The number of nitrogens with one attached hydrogen (secondary N) is 1. The van der Waals surface area contributed by atoms with Crippen LogP contribution in [0.1, 0.15) is 18.4 Å². The number of rotatable bonds is 4. The molecule has 1 unspecified atom stereocenters. The standard InChI is InChI=1S/C21H22N4O2/c26-21(22-14-17-8-3-7-16-6-1-2-10-19(16)17)25-13-5-9-18(15-25)27-20-11-4-12-23-24-20/h1-4,6-8,10-12,18H,5,9,13-15H2,(H,22,26). The Hall–Kier alpha value is -3.15. The van der Waals surface area contributed by atoms with Crippen molar-refractivity contribution in [3.8, 4) is 5.88 Å². The van der Waals surface area contributed by atoms with Crippen molar-refractivity contribution >= 4 is 16.8 Å². The van der Waals surface area contributed by atoms with Gasteiger partial charge in [0.2, 0.25) is 5.88 Å². The number of nitrogens with zero attached hydrogens (tertiary/aromatic N) is 3. The summed E-state index contributed by atoms with van der Waals surface area (Å²) in [5, 5.41) is 13.2. The summed E-state index contributed by atoms with van der Waals surface area (Å²) in [5.74, 6) is 0.500. The van der Waals surface area contributed by atoms with Gasteiger partial charge in [0.15, 0.2) is 0 Å². The van der Waals surface area contributed by atoms with Gasteiger partial charge in [-0.2, -0.15) is 5.10 Å². The van der Waals surface area contributed by atoms with Gasteiger partial charge in [0.1, 0.15) is 6.10 Å². The zero-order chi connectivity index (χ0) is 18.5. The number of urea groups is 1. The van der Waals surface area contributed by atoms with Crippen LogP contribution in [0.3, 0.4) is 0 Å². The maximum absolute atomic E-state index is 12.6. The lowest BCUT2D eigenvalue weighted by atomic mass is 10.0. The van der Waals surface area contributed by atoms with Gasteiger partial charge < -0.3 is 15.0 Å². The third-order valence-corrected chi connectivity index (χ3v) is 4.81. The van der Waals surface area contributed by atoms with Gasteiger partial charge in [-0.3, -0.25) is 0 Å². The monoisotopic (exact) mass is 362 g/mol. The molecule has 1 N–H and O–H groups in total. The fourth-order valence-electron chi connectivity index (χ4n) is 3.47. The number of hydrogen-bond acceptors (Lipinski definition) is 4. The molecule has 3 aromatic rings. The van der Waals surface area contributed by atoms with E-state index in [0.717, 1.165) is 24.9 Å². The first-order chi connectivity index (χ1) is 13.3. The maximum atomic E-state index is 12.6. The Kier molecular flexibility index (Phi) is 5.14. The highest BCUT2D eigenvalue weighted by Crippen LogP contribution is 2.19. The quantitative estimate of drug-likeness (QED) is 0.773. The number of fused-ring (bicyclic) bond motifs is 1. The van der Waals surface area contributed by atoms with Gasteiger partial charge >= 0.3 is 6.03 Å². The van der Waals surface area contributed by atoms with Crippen LogP contribution in [-0.4, -0.2) is 40.3 Å². The van der Waals surface area contributed by atoms with Gasteiger partial charge in [-0.1, -0.05) is 42.5 Å². The lowest BCUT2D eigenvalue weighted by Crippen LogP contribution is -2.48. The Morgan fingerprint density at radius 2 is 2.04 bits per heavy atom. The number of hydrogen-bond donors (Lipinski definition) is 1. The van der Waals surface area contributed by atoms with Gasteiger partial charge in [-0.05, 0) is 35.2 Å². The Morgan fingerprint density at radius 3 is 2.93 bits per heavy atom. The van der Waals surface area contributed by atoms with Crippen LogP contribution in [0.15, 0.2) is 60.8 Å². The molecule has 1 fully saturated rings. The second-order valence-electron chi connectivity index (χ2n) is 6.69.